The summed E-state index contributed by atoms with van der Waals surface area (Å²) in [4.78, 5) is 39.7. The first-order valence-electron chi connectivity index (χ1n) is 14.9. The number of Topliss-reactive ketones (excluding diaryl/α,β-unsaturated/α-hetero) is 1. The van der Waals surface area contributed by atoms with E-state index >= 15 is 0 Å². The lowest BCUT2D eigenvalue weighted by Crippen LogP contribution is -2.28. The van der Waals surface area contributed by atoms with Gasteiger partial charge in [0.15, 0.2) is 11.7 Å². The van der Waals surface area contributed by atoms with E-state index in [-0.39, 0.29) is 47.8 Å². The minimum atomic E-state index is -1.61. The number of nitrogens with zero attached hydrogens (tertiary/aromatic N) is 4. The van der Waals surface area contributed by atoms with Gasteiger partial charge in [-0.25, -0.2) is 9.18 Å². The van der Waals surface area contributed by atoms with E-state index in [1.165, 1.54) is 28.4 Å². The van der Waals surface area contributed by atoms with Crippen molar-refractivity contribution in [3.8, 4) is 17.9 Å². The number of hydrogen-bond donors (Lipinski definition) is 1. The molecule has 2 N–H and O–H groups in total. The van der Waals surface area contributed by atoms with E-state index in [1.54, 1.807) is 18.2 Å². The maximum absolute atomic E-state index is 14.7. The molecule has 46 heavy (non-hydrogen) atoms. The predicted molar refractivity (Wildman–Crippen MR) is 178 cm³/mol. The third-order valence-corrected chi connectivity index (χ3v) is 10.8. The van der Waals surface area contributed by atoms with Gasteiger partial charge in [-0.15, -0.1) is 0 Å². The summed E-state index contributed by atoms with van der Waals surface area (Å²) in [6, 6.07) is 10.3. The van der Waals surface area contributed by atoms with Crippen LogP contribution in [0.4, 0.5) is 4.39 Å². The molecule has 0 atom stereocenters. The number of nitriles is 2. The van der Waals surface area contributed by atoms with Crippen LogP contribution in [0.3, 0.4) is 0 Å². The topological polar surface area (TPSA) is 162 Å². The zero-order chi connectivity index (χ0) is 34.4. The smallest absolute Gasteiger partial charge is 0.332 e. The van der Waals surface area contributed by atoms with Gasteiger partial charge in [0, 0.05) is 46.9 Å². The molecule has 11 nitrogen and oxygen atoms in total. The molecule has 0 saturated heterocycles. The van der Waals surface area contributed by atoms with E-state index in [0.29, 0.717) is 24.3 Å². The Labute approximate surface area is 270 Å². The number of rotatable bonds is 16. The molecular weight excluding hydrogens is 626 g/mol. The van der Waals surface area contributed by atoms with Gasteiger partial charge in [-0.3, -0.25) is 18.7 Å². The summed E-state index contributed by atoms with van der Waals surface area (Å²) >= 11 is 0. The van der Waals surface area contributed by atoms with Crippen LogP contribution in [0.25, 0.3) is 11.0 Å². The van der Waals surface area contributed by atoms with Crippen LogP contribution in [0.1, 0.15) is 31.8 Å². The van der Waals surface area contributed by atoms with Crippen LogP contribution in [0, 0.1) is 34.4 Å². The average molecular weight is 668 g/mol. The van der Waals surface area contributed by atoms with E-state index in [9.17, 15) is 29.3 Å². The Balaban J connectivity index is 2.31. The highest BCUT2D eigenvalue weighted by atomic mass is 28.3. The fraction of sp³-hybridized carbons (Fsp3) is 0.469. The number of primary amides is 1. The molecule has 0 saturated carbocycles. The lowest BCUT2D eigenvalue weighted by molar-refractivity contribution is 0.0754. The molecule has 1 aromatic heterocycles. The molecule has 0 aliphatic rings. The SMILES string of the molecule is COc1c(Cc2ccc(C(=O)C(C#N)C#N)c3c2n(COCC[Si](C)(C)C)c(=O)n3COCC[Si](C)(C)C)cc(F)cc1C(N)=O. The first-order chi connectivity index (χ1) is 21.5. The van der Waals surface area contributed by atoms with Crippen molar-refractivity contribution in [2.24, 2.45) is 11.7 Å². The first kappa shape index (κ1) is 36.4. The molecule has 0 spiro atoms. The molecule has 1 heterocycles. The quantitative estimate of drug-likeness (QED) is 0.125. The molecule has 1 amide bonds. The number of ether oxygens (including phenoxy) is 3. The summed E-state index contributed by atoms with van der Waals surface area (Å²) in [5.74, 6) is -3.89. The van der Waals surface area contributed by atoms with E-state index < -0.39 is 45.3 Å². The number of carbonyl (C=O) groups excluding carboxylic acids is 2. The molecule has 0 unspecified atom stereocenters. The third-order valence-electron chi connectivity index (χ3n) is 7.44. The molecule has 0 aliphatic carbocycles. The fourth-order valence-corrected chi connectivity index (χ4v) is 6.41. The second-order valence-electron chi connectivity index (χ2n) is 13.5. The average Bonchev–Trinajstić information content (AvgIpc) is 3.24. The number of methoxy groups -OCH3 is 1. The second kappa shape index (κ2) is 15.0. The van der Waals surface area contributed by atoms with Gasteiger partial charge in [-0.05, 0) is 35.9 Å². The Morgan fingerprint density at radius 3 is 1.91 bits per heavy atom. The number of fused-ring (bicyclic) bond motifs is 1. The molecule has 0 fully saturated rings. The number of nitrogens with two attached hydrogens (primary N) is 1. The summed E-state index contributed by atoms with van der Waals surface area (Å²) in [6.07, 6.45) is -0.0268. The predicted octanol–water partition coefficient (Wildman–Crippen LogP) is 5.11. The summed E-state index contributed by atoms with van der Waals surface area (Å²) < 4.78 is 34.8. The Morgan fingerprint density at radius 1 is 0.891 bits per heavy atom. The van der Waals surface area contributed by atoms with Crippen molar-refractivity contribution in [2.45, 2.75) is 71.3 Å². The van der Waals surface area contributed by atoms with Gasteiger partial charge in [0.1, 0.15) is 25.0 Å². The molecule has 246 valence electrons. The van der Waals surface area contributed by atoms with Crippen molar-refractivity contribution in [1.29, 1.82) is 10.5 Å². The normalized spacial score (nSPS) is 11.9. The summed E-state index contributed by atoms with van der Waals surface area (Å²) in [7, 11) is -1.59. The van der Waals surface area contributed by atoms with Crippen LogP contribution < -0.4 is 16.2 Å². The summed E-state index contributed by atoms with van der Waals surface area (Å²) in [6.45, 7) is 13.7. The van der Waals surface area contributed by atoms with E-state index in [2.05, 4.69) is 39.3 Å². The van der Waals surface area contributed by atoms with Crippen LogP contribution in [0.2, 0.25) is 51.4 Å². The van der Waals surface area contributed by atoms with Gasteiger partial charge >= 0.3 is 5.69 Å². The van der Waals surface area contributed by atoms with Crippen molar-refractivity contribution < 1.29 is 28.2 Å². The van der Waals surface area contributed by atoms with Crippen LogP contribution >= 0.6 is 0 Å². The van der Waals surface area contributed by atoms with Gasteiger partial charge in [0.25, 0.3) is 5.91 Å². The molecule has 14 heteroatoms. The van der Waals surface area contributed by atoms with Crippen molar-refractivity contribution >= 4 is 38.9 Å². The number of imidazole rings is 1. The highest BCUT2D eigenvalue weighted by Crippen LogP contribution is 2.32. The maximum atomic E-state index is 14.7. The monoisotopic (exact) mass is 667 g/mol. The summed E-state index contributed by atoms with van der Waals surface area (Å²) in [5.41, 5.74) is 6.03. The van der Waals surface area contributed by atoms with Crippen molar-refractivity contribution in [1.82, 2.24) is 9.13 Å². The number of carbonyl (C=O) groups is 2. The van der Waals surface area contributed by atoms with Crippen molar-refractivity contribution in [2.75, 3.05) is 20.3 Å². The Morgan fingerprint density at radius 2 is 1.43 bits per heavy atom. The first-order valence-corrected chi connectivity index (χ1v) is 22.3. The second-order valence-corrected chi connectivity index (χ2v) is 24.8. The highest BCUT2D eigenvalue weighted by molar-refractivity contribution is 6.76. The van der Waals surface area contributed by atoms with Crippen LogP contribution in [0.5, 0.6) is 5.75 Å². The largest absolute Gasteiger partial charge is 0.496 e. The Kier molecular flexibility index (Phi) is 11.9. The minimum absolute atomic E-state index is 0.0115. The van der Waals surface area contributed by atoms with Gasteiger partial charge in [0.05, 0.1) is 35.8 Å². The zero-order valence-corrected chi connectivity index (χ0v) is 29.5. The summed E-state index contributed by atoms with van der Waals surface area (Å²) in [5, 5.41) is 19.1. The van der Waals surface area contributed by atoms with Crippen molar-refractivity contribution in [3.63, 3.8) is 0 Å². The molecular formula is C32H42FN5O6Si2. The van der Waals surface area contributed by atoms with Gasteiger partial charge < -0.3 is 19.9 Å². The Bertz CT molecular complexity index is 1740. The number of aromatic nitrogens is 2. The van der Waals surface area contributed by atoms with E-state index in [1.807, 2.05) is 0 Å². The molecule has 0 aliphatic heterocycles. The Hall–Kier alpha value is -4.09. The number of amides is 1. The number of halogens is 1. The fourth-order valence-electron chi connectivity index (χ4n) is 4.89. The maximum Gasteiger partial charge on any atom is 0.332 e. The van der Waals surface area contributed by atoms with Crippen LogP contribution in [-0.2, 0) is 29.4 Å². The lowest BCUT2D eigenvalue weighted by Gasteiger charge is -2.17. The standard InChI is InChI=1S/C32H42FN5O6Si2/c1-42-30-22(15-24(33)16-26(30)31(36)40)14-21-8-9-25(29(39)23(17-34)18-35)28-27(21)37(19-43-10-12-45(2,3)4)32(41)38(28)20-44-11-13-46(5,6)7/h8-9,15-16,23H,10-14,19-20H2,1-7H3,(H2,36,40). The minimum Gasteiger partial charge on any atom is -0.496 e. The van der Waals surface area contributed by atoms with Crippen molar-refractivity contribution in [3.05, 3.63) is 62.8 Å². The highest BCUT2D eigenvalue weighted by Gasteiger charge is 2.28. The van der Waals surface area contributed by atoms with Gasteiger partial charge in [-0.2, -0.15) is 10.5 Å². The molecule has 0 bridgehead atoms. The van der Waals surface area contributed by atoms with Gasteiger partial charge in [-0.1, -0.05) is 45.3 Å². The molecule has 3 aromatic rings. The van der Waals surface area contributed by atoms with Crippen LogP contribution in [0.15, 0.2) is 29.1 Å². The molecule has 3 rings (SSSR count). The molecule has 2 aromatic carbocycles. The van der Waals surface area contributed by atoms with Gasteiger partial charge in [0.2, 0.25) is 0 Å². The van der Waals surface area contributed by atoms with E-state index in [0.717, 1.165) is 18.2 Å². The third kappa shape index (κ3) is 8.79. The van der Waals surface area contributed by atoms with Crippen LogP contribution in [-0.4, -0.2) is 57.3 Å². The number of hydrogen-bond acceptors (Lipinski definition) is 8. The van der Waals surface area contributed by atoms with E-state index in [4.69, 9.17) is 19.9 Å². The molecule has 0 radical (unpaired) electrons. The zero-order valence-electron chi connectivity index (χ0n) is 27.5. The lowest BCUT2D eigenvalue weighted by atomic mass is 9.94. The number of ketones is 1. The number of benzene rings is 2.